The molecule has 1 amide bonds. The zero-order valence-electron chi connectivity index (χ0n) is 16.0. The highest BCUT2D eigenvalue weighted by atomic mass is 32.2. The Balaban J connectivity index is 1.98. The van der Waals surface area contributed by atoms with Crippen LogP contribution in [0.5, 0.6) is 0 Å². The number of amides is 1. The van der Waals surface area contributed by atoms with Gasteiger partial charge < -0.3 is 5.32 Å². The molecule has 1 atom stereocenters. The van der Waals surface area contributed by atoms with Crippen molar-refractivity contribution in [1.29, 1.82) is 0 Å². The Hall–Kier alpha value is -1.91. The summed E-state index contributed by atoms with van der Waals surface area (Å²) in [6.07, 6.45) is 0. The Morgan fingerprint density at radius 1 is 1.11 bits per heavy atom. The van der Waals surface area contributed by atoms with Crippen LogP contribution in [0.15, 0.2) is 34.3 Å². The Kier molecular flexibility index (Phi) is 7.01. The van der Waals surface area contributed by atoms with E-state index in [0.717, 1.165) is 5.82 Å². The number of H-pyrrole nitrogens is 1. The first kappa shape index (κ1) is 21.4. The largest absolute Gasteiger partial charge is 0.325 e. The molecule has 0 unspecified atom stereocenters. The van der Waals surface area contributed by atoms with Crippen molar-refractivity contribution in [2.24, 2.45) is 0 Å². The second kappa shape index (κ2) is 8.85. The van der Waals surface area contributed by atoms with Gasteiger partial charge in [0, 0.05) is 17.6 Å². The number of nitrogens with zero attached hydrogens (tertiary/aromatic N) is 2. The molecule has 10 heteroatoms. The fourth-order valence-electron chi connectivity index (χ4n) is 2.12. The van der Waals surface area contributed by atoms with E-state index in [9.17, 15) is 13.2 Å². The summed E-state index contributed by atoms with van der Waals surface area (Å²) < 4.78 is 26.8. The van der Waals surface area contributed by atoms with E-state index in [-0.39, 0.29) is 22.8 Å². The molecule has 0 aliphatic heterocycles. The van der Waals surface area contributed by atoms with Gasteiger partial charge in [-0.05, 0) is 45.0 Å². The third-order valence-electron chi connectivity index (χ3n) is 3.50. The fourth-order valence-corrected chi connectivity index (χ4v) is 4.10. The second-order valence-corrected chi connectivity index (χ2v) is 9.73. The lowest BCUT2D eigenvalue weighted by Crippen LogP contribution is -2.30. The zero-order valence-corrected chi connectivity index (χ0v) is 17.6. The lowest BCUT2D eigenvalue weighted by Gasteiger charge is -2.12. The van der Waals surface area contributed by atoms with Gasteiger partial charge in [0.1, 0.15) is 5.82 Å². The fraction of sp³-hybridized carbons (Fsp3) is 0.471. The molecule has 27 heavy (non-hydrogen) atoms. The molecule has 0 radical (unpaired) electrons. The molecule has 8 nitrogen and oxygen atoms in total. The third-order valence-corrected chi connectivity index (χ3v) is 6.14. The lowest BCUT2D eigenvalue weighted by molar-refractivity contribution is -0.115. The van der Waals surface area contributed by atoms with Crippen LogP contribution in [0.2, 0.25) is 0 Å². The Morgan fingerprint density at radius 2 is 1.74 bits per heavy atom. The maximum absolute atomic E-state index is 12.4. The van der Waals surface area contributed by atoms with Crippen LogP contribution < -0.4 is 10.0 Å². The van der Waals surface area contributed by atoms with Crippen LogP contribution in [0.1, 0.15) is 46.4 Å². The molecule has 0 bridgehead atoms. The summed E-state index contributed by atoms with van der Waals surface area (Å²) in [5, 5.41) is 9.83. The Morgan fingerprint density at radius 3 is 2.26 bits per heavy atom. The molecule has 148 valence electrons. The minimum atomic E-state index is -3.55. The van der Waals surface area contributed by atoms with Crippen molar-refractivity contribution in [2.75, 3.05) is 5.32 Å². The smallest absolute Gasteiger partial charge is 0.240 e. The molecule has 1 aromatic heterocycles. The van der Waals surface area contributed by atoms with Crippen molar-refractivity contribution in [3.05, 3.63) is 30.1 Å². The summed E-state index contributed by atoms with van der Waals surface area (Å²) in [5.74, 6) is 0.791. The minimum absolute atomic E-state index is 0.151. The standard InChI is InChI=1S/C17H25N5O3S2/c1-10(2)15-19-17(21-20-15)26-12(5)16(23)18-13-6-8-14(9-7-13)27(24,25)22-11(3)4/h6-12,22H,1-5H3,(H,18,23)(H,19,20,21)/t12-/m0/s1. The maximum atomic E-state index is 12.4. The van der Waals surface area contributed by atoms with Crippen LogP contribution in [0.3, 0.4) is 0 Å². The van der Waals surface area contributed by atoms with Crippen molar-refractivity contribution in [2.45, 2.75) is 61.9 Å². The number of nitrogens with one attached hydrogen (secondary N) is 3. The van der Waals surface area contributed by atoms with Crippen molar-refractivity contribution in [3.8, 4) is 0 Å². The van der Waals surface area contributed by atoms with Crippen LogP contribution in [0, 0.1) is 0 Å². The molecule has 1 heterocycles. The molecular formula is C17H25N5O3S2. The van der Waals surface area contributed by atoms with E-state index in [1.165, 1.54) is 23.9 Å². The van der Waals surface area contributed by atoms with Gasteiger partial charge >= 0.3 is 0 Å². The molecule has 1 aromatic carbocycles. The summed E-state index contributed by atoms with van der Waals surface area (Å²) in [7, 11) is -3.55. The van der Waals surface area contributed by atoms with E-state index < -0.39 is 15.3 Å². The number of hydrogen-bond donors (Lipinski definition) is 3. The number of thioether (sulfide) groups is 1. The van der Waals surface area contributed by atoms with E-state index >= 15 is 0 Å². The average molecular weight is 412 g/mol. The predicted molar refractivity (Wildman–Crippen MR) is 106 cm³/mol. The Bertz CT molecular complexity index is 876. The van der Waals surface area contributed by atoms with E-state index in [1.54, 1.807) is 32.9 Å². The number of aromatic nitrogens is 3. The van der Waals surface area contributed by atoms with Crippen LogP contribution >= 0.6 is 11.8 Å². The molecule has 0 saturated heterocycles. The Labute approximate surface area is 164 Å². The molecule has 0 fully saturated rings. The molecule has 0 aliphatic rings. The van der Waals surface area contributed by atoms with E-state index in [1.807, 2.05) is 13.8 Å². The van der Waals surface area contributed by atoms with Gasteiger partial charge in [0.2, 0.25) is 21.1 Å². The first-order valence-corrected chi connectivity index (χ1v) is 11.0. The van der Waals surface area contributed by atoms with Gasteiger partial charge in [0.25, 0.3) is 0 Å². The highest BCUT2D eigenvalue weighted by Gasteiger charge is 2.19. The number of anilines is 1. The topological polar surface area (TPSA) is 117 Å². The van der Waals surface area contributed by atoms with Gasteiger partial charge in [0.15, 0.2) is 0 Å². The lowest BCUT2D eigenvalue weighted by atomic mass is 10.2. The number of sulfonamides is 1. The average Bonchev–Trinajstić information content (AvgIpc) is 3.03. The number of hydrogen-bond acceptors (Lipinski definition) is 6. The predicted octanol–water partition coefficient (Wildman–Crippen LogP) is 2.73. The first-order valence-electron chi connectivity index (χ1n) is 8.60. The highest BCUT2D eigenvalue weighted by Crippen LogP contribution is 2.22. The monoisotopic (exact) mass is 411 g/mol. The van der Waals surface area contributed by atoms with Crippen LogP contribution in [0.25, 0.3) is 0 Å². The van der Waals surface area contributed by atoms with Crippen LogP contribution in [-0.4, -0.2) is 40.8 Å². The van der Waals surface area contributed by atoms with Gasteiger partial charge in [-0.25, -0.2) is 18.1 Å². The van der Waals surface area contributed by atoms with Crippen molar-refractivity contribution in [1.82, 2.24) is 19.9 Å². The molecular weight excluding hydrogens is 386 g/mol. The second-order valence-electron chi connectivity index (χ2n) is 6.71. The van der Waals surface area contributed by atoms with Crippen LogP contribution in [0.4, 0.5) is 5.69 Å². The van der Waals surface area contributed by atoms with Gasteiger partial charge in [-0.3, -0.25) is 9.89 Å². The van der Waals surface area contributed by atoms with Gasteiger partial charge in [-0.1, -0.05) is 25.6 Å². The van der Waals surface area contributed by atoms with Crippen molar-refractivity contribution in [3.63, 3.8) is 0 Å². The van der Waals surface area contributed by atoms with E-state index in [0.29, 0.717) is 10.8 Å². The summed E-state index contributed by atoms with van der Waals surface area (Å²) in [6.45, 7) is 9.28. The summed E-state index contributed by atoms with van der Waals surface area (Å²) >= 11 is 1.25. The highest BCUT2D eigenvalue weighted by molar-refractivity contribution is 8.00. The molecule has 0 spiro atoms. The van der Waals surface area contributed by atoms with Gasteiger partial charge in [-0.15, -0.1) is 5.10 Å². The maximum Gasteiger partial charge on any atom is 0.240 e. The quantitative estimate of drug-likeness (QED) is 0.575. The summed E-state index contributed by atoms with van der Waals surface area (Å²) in [6, 6.07) is 5.85. The number of carbonyl (C=O) groups is 1. The first-order chi connectivity index (χ1) is 12.6. The molecule has 2 aromatic rings. The van der Waals surface area contributed by atoms with Gasteiger partial charge in [0.05, 0.1) is 10.1 Å². The third kappa shape index (κ3) is 6.05. The van der Waals surface area contributed by atoms with E-state index in [4.69, 9.17) is 0 Å². The van der Waals surface area contributed by atoms with E-state index in [2.05, 4.69) is 25.2 Å². The normalized spacial score (nSPS) is 13.1. The molecule has 3 N–H and O–H groups in total. The molecule has 0 saturated carbocycles. The number of benzene rings is 1. The van der Waals surface area contributed by atoms with Crippen molar-refractivity contribution < 1.29 is 13.2 Å². The number of rotatable bonds is 8. The minimum Gasteiger partial charge on any atom is -0.325 e. The summed E-state index contributed by atoms with van der Waals surface area (Å²) in [4.78, 5) is 16.9. The zero-order chi connectivity index (χ0) is 20.2. The molecule has 0 aliphatic carbocycles. The van der Waals surface area contributed by atoms with Gasteiger partial charge in [-0.2, -0.15) is 0 Å². The summed E-state index contributed by atoms with van der Waals surface area (Å²) in [5.41, 5.74) is 0.522. The van der Waals surface area contributed by atoms with Crippen molar-refractivity contribution >= 4 is 33.4 Å². The SMILES string of the molecule is CC(C)NS(=O)(=O)c1ccc(NC(=O)[C@H](C)Sc2n[nH]c(C(C)C)n2)cc1. The van der Waals surface area contributed by atoms with Crippen LogP contribution in [-0.2, 0) is 14.8 Å². The molecule has 2 rings (SSSR count). The number of aromatic amines is 1. The number of carbonyl (C=O) groups excluding carboxylic acids is 1.